The van der Waals surface area contributed by atoms with Gasteiger partial charge in [-0.3, -0.25) is 4.79 Å². The first kappa shape index (κ1) is 14.9. The number of aliphatic hydroxyl groups is 2. The van der Waals surface area contributed by atoms with E-state index in [1.807, 2.05) is 0 Å². The summed E-state index contributed by atoms with van der Waals surface area (Å²) in [5, 5.41) is 20.3. The molecule has 0 spiro atoms. The topological polar surface area (TPSA) is 83.8 Å². The van der Waals surface area contributed by atoms with Crippen LogP contribution in [0.3, 0.4) is 0 Å². The van der Waals surface area contributed by atoms with Crippen LogP contribution in [0, 0.1) is 0 Å². The number of hydrogen-bond acceptors (Lipinski definition) is 5. The normalized spacial score (nSPS) is 23.4. The maximum absolute atomic E-state index is 11.9. The van der Waals surface area contributed by atoms with Crippen molar-refractivity contribution in [3.05, 3.63) is 46.0 Å². The van der Waals surface area contributed by atoms with Crippen LogP contribution >= 0.6 is 15.9 Å². The quantitative estimate of drug-likeness (QED) is 0.810. The molecule has 106 valence electrons. The predicted octanol–water partition coefficient (Wildman–Crippen LogP) is 1.29. The van der Waals surface area contributed by atoms with E-state index in [-0.39, 0.29) is 5.57 Å². The van der Waals surface area contributed by atoms with Crippen molar-refractivity contribution in [3.63, 3.8) is 0 Å². The number of benzene rings is 1. The van der Waals surface area contributed by atoms with Gasteiger partial charge in [-0.05, 0) is 23.8 Å². The highest BCUT2D eigenvalue weighted by molar-refractivity contribution is 9.10. The Morgan fingerprint density at radius 1 is 1.40 bits per heavy atom. The lowest BCUT2D eigenvalue weighted by atomic mass is 10.0. The van der Waals surface area contributed by atoms with Gasteiger partial charge in [0.2, 0.25) is 0 Å². The van der Waals surface area contributed by atoms with Gasteiger partial charge in [-0.25, -0.2) is 4.79 Å². The second kappa shape index (κ2) is 5.47. The number of carbonyl (C=O) groups excluding carboxylic acids is 2. The van der Waals surface area contributed by atoms with Gasteiger partial charge in [0.05, 0.1) is 13.5 Å². The summed E-state index contributed by atoms with van der Waals surface area (Å²) in [6, 6.07) is 6.76. The smallest absolute Gasteiger partial charge is 0.342 e. The van der Waals surface area contributed by atoms with E-state index < -0.39 is 29.9 Å². The van der Waals surface area contributed by atoms with Crippen molar-refractivity contribution in [1.82, 2.24) is 0 Å². The van der Waals surface area contributed by atoms with Crippen LogP contribution in [0.2, 0.25) is 0 Å². The molecule has 2 rings (SSSR count). The highest BCUT2D eigenvalue weighted by atomic mass is 79.9. The minimum absolute atomic E-state index is 0.000206. The molecule has 0 fully saturated rings. The molecule has 0 amide bonds. The number of rotatable bonds is 3. The molecule has 0 bridgehead atoms. The van der Waals surface area contributed by atoms with Crippen LogP contribution in [-0.4, -0.2) is 34.7 Å². The minimum Gasteiger partial charge on any atom is -0.467 e. The molecule has 1 aromatic rings. The lowest BCUT2D eigenvalue weighted by Gasteiger charge is -2.15. The van der Waals surface area contributed by atoms with Crippen molar-refractivity contribution >= 4 is 27.7 Å². The monoisotopic (exact) mass is 340 g/mol. The highest BCUT2D eigenvalue weighted by Gasteiger charge is 2.45. The molecule has 5 nitrogen and oxygen atoms in total. The zero-order valence-electron chi connectivity index (χ0n) is 10.7. The van der Waals surface area contributed by atoms with Crippen molar-refractivity contribution in [2.24, 2.45) is 0 Å². The highest BCUT2D eigenvalue weighted by Crippen LogP contribution is 2.34. The van der Waals surface area contributed by atoms with Crippen LogP contribution in [0.15, 0.2) is 40.4 Å². The molecule has 1 aromatic carbocycles. The van der Waals surface area contributed by atoms with E-state index in [4.69, 9.17) is 0 Å². The van der Waals surface area contributed by atoms with Gasteiger partial charge >= 0.3 is 5.97 Å². The SMILES string of the molecule is COC(=O)[C@@]1(O)C=C(C(O)c2ccc(Br)cc2)C(=O)C1. The lowest BCUT2D eigenvalue weighted by Crippen LogP contribution is -2.36. The molecule has 1 aliphatic carbocycles. The largest absolute Gasteiger partial charge is 0.467 e. The second-order valence-corrected chi connectivity index (χ2v) is 5.49. The number of methoxy groups -OCH3 is 1. The van der Waals surface area contributed by atoms with Gasteiger partial charge < -0.3 is 14.9 Å². The van der Waals surface area contributed by atoms with E-state index in [1.54, 1.807) is 24.3 Å². The first-order valence-electron chi connectivity index (χ1n) is 5.87. The Labute approximate surface area is 124 Å². The Hall–Kier alpha value is -1.50. The fraction of sp³-hybridized carbons (Fsp3) is 0.286. The average molecular weight is 341 g/mol. The molecule has 2 N–H and O–H groups in total. The van der Waals surface area contributed by atoms with E-state index >= 15 is 0 Å². The molecule has 0 radical (unpaired) electrons. The van der Waals surface area contributed by atoms with Crippen molar-refractivity contribution in [2.75, 3.05) is 7.11 Å². The fourth-order valence-electron chi connectivity index (χ4n) is 2.10. The Balaban J connectivity index is 2.32. The van der Waals surface area contributed by atoms with Crippen LogP contribution in [0.5, 0.6) is 0 Å². The average Bonchev–Trinajstić information content (AvgIpc) is 2.74. The number of carbonyl (C=O) groups is 2. The third kappa shape index (κ3) is 2.67. The van der Waals surface area contributed by atoms with Crippen LogP contribution in [0.4, 0.5) is 0 Å². The molecule has 0 aliphatic heterocycles. The third-order valence-electron chi connectivity index (χ3n) is 3.17. The van der Waals surface area contributed by atoms with Gasteiger partial charge in [-0.2, -0.15) is 0 Å². The predicted molar refractivity (Wildman–Crippen MR) is 73.8 cm³/mol. The number of esters is 1. The van der Waals surface area contributed by atoms with Crippen molar-refractivity contribution in [2.45, 2.75) is 18.1 Å². The standard InChI is InChI=1S/C14H13BrO5/c1-20-13(18)14(19)6-10(11(16)7-14)12(17)8-2-4-9(15)5-3-8/h2-6,12,17,19H,7H2,1H3/t12?,14-/m1/s1. The number of ether oxygens (including phenoxy) is 1. The summed E-state index contributed by atoms with van der Waals surface area (Å²) in [4.78, 5) is 23.4. The van der Waals surface area contributed by atoms with E-state index in [9.17, 15) is 19.8 Å². The maximum atomic E-state index is 11.9. The summed E-state index contributed by atoms with van der Waals surface area (Å²) < 4.78 is 5.30. The fourth-order valence-corrected chi connectivity index (χ4v) is 2.36. The van der Waals surface area contributed by atoms with Gasteiger partial charge in [-0.15, -0.1) is 0 Å². The molecule has 1 unspecified atom stereocenters. The van der Waals surface area contributed by atoms with Crippen LogP contribution in [0.1, 0.15) is 18.1 Å². The summed E-state index contributed by atoms with van der Waals surface area (Å²) in [5.74, 6) is -1.39. The van der Waals surface area contributed by atoms with E-state index in [1.165, 1.54) is 0 Å². The Morgan fingerprint density at radius 2 is 2.00 bits per heavy atom. The molecule has 0 saturated carbocycles. The van der Waals surface area contributed by atoms with Gasteiger partial charge in [0.1, 0.15) is 6.10 Å². The van der Waals surface area contributed by atoms with Crippen LogP contribution < -0.4 is 0 Å². The number of aliphatic hydroxyl groups excluding tert-OH is 1. The van der Waals surface area contributed by atoms with Crippen molar-refractivity contribution in [3.8, 4) is 0 Å². The molecule has 0 heterocycles. The van der Waals surface area contributed by atoms with Gasteiger partial charge in [0.25, 0.3) is 0 Å². The van der Waals surface area contributed by atoms with Crippen LogP contribution in [0.25, 0.3) is 0 Å². The van der Waals surface area contributed by atoms with E-state index in [0.29, 0.717) is 5.56 Å². The number of Topliss-reactive ketones (excluding diaryl/α,β-unsaturated/α-hetero) is 1. The van der Waals surface area contributed by atoms with Gasteiger partial charge in [0.15, 0.2) is 11.4 Å². The zero-order valence-corrected chi connectivity index (χ0v) is 12.3. The number of ketones is 1. The summed E-state index contributed by atoms with van der Waals surface area (Å²) in [6.07, 6.45) is -0.523. The van der Waals surface area contributed by atoms with Crippen LogP contribution in [-0.2, 0) is 14.3 Å². The first-order chi connectivity index (χ1) is 9.37. The summed E-state index contributed by atoms with van der Waals surface area (Å²) in [5.41, 5.74) is -1.49. The van der Waals surface area contributed by atoms with Gasteiger partial charge in [-0.1, -0.05) is 28.1 Å². The van der Waals surface area contributed by atoms with E-state index in [0.717, 1.165) is 17.7 Å². The molecule has 20 heavy (non-hydrogen) atoms. The summed E-state index contributed by atoms with van der Waals surface area (Å²) >= 11 is 3.27. The maximum Gasteiger partial charge on any atom is 0.342 e. The third-order valence-corrected chi connectivity index (χ3v) is 3.69. The summed E-state index contributed by atoms with van der Waals surface area (Å²) in [6.45, 7) is 0. The molecule has 6 heteroatoms. The second-order valence-electron chi connectivity index (χ2n) is 4.57. The number of halogens is 1. The molecule has 0 aromatic heterocycles. The zero-order chi connectivity index (χ0) is 14.9. The molecular formula is C14H13BrO5. The van der Waals surface area contributed by atoms with Gasteiger partial charge in [0, 0.05) is 10.0 Å². The first-order valence-corrected chi connectivity index (χ1v) is 6.67. The van der Waals surface area contributed by atoms with E-state index in [2.05, 4.69) is 20.7 Å². The Morgan fingerprint density at radius 3 is 2.55 bits per heavy atom. The minimum atomic E-state index is -1.99. The molecule has 1 aliphatic rings. The van der Waals surface area contributed by atoms with Crippen molar-refractivity contribution < 1.29 is 24.5 Å². The number of hydrogen-bond donors (Lipinski definition) is 2. The van der Waals surface area contributed by atoms with Crippen molar-refractivity contribution in [1.29, 1.82) is 0 Å². The summed E-state index contributed by atoms with van der Waals surface area (Å²) in [7, 11) is 1.13. The lowest BCUT2D eigenvalue weighted by molar-refractivity contribution is -0.158. The molecular weight excluding hydrogens is 328 g/mol. The Kier molecular flexibility index (Phi) is 4.08. The molecule has 0 saturated heterocycles. The Bertz CT molecular complexity index is 578. The molecule has 2 atom stereocenters.